The molecule has 0 saturated heterocycles. The van der Waals surface area contributed by atoms with Crippen molar-refractivity contribution in [2.24, 2.45) is 0 Å². The Kier molecular flexibility index (Phi) is 4.70. The van der Waals surface area contributed by atoms with Crippen LogP contribution in [0.4, 0.5) is 5.95 Å². The number of halogens is 1. The van der Waals surface area contributed by atoms with Crippen molar-refractivity contribution in [3.8, 4) is 5.88 Å². The minimum absolute atomic E-state index is 0.0498. The number of anilines is 1. The van der Waals surface area contributed by atoms with Gasteiger partial charge in [0.05, 0.1) is 30.4 Å². The minimum Gasteiger partial charge on any atom is -0.480 e. The van der Waals surface area contributed by atoms with Gasteiger partial charge in [0.15, 0.2) is 0 Å². The molecule has 100 valence electrons. The number of hydrogen-bond acceptors (Lipinski definition) is 5. The second kappa shape index (κ2) is 6.49. The number of nitrogens with zero attached hydrogens (tertiary/aromatic N) is 2. The van der Waals surface area contributed by atoms with E-state index >= 15 is 0 Å². The van der Waals surface area contributed by atoms with Crippen LogP contribution in [0.5, 0.6) is 5.88 Å². The lowest BCUT2D eigenvalue weighted by Gasteiger charge is -2.17. The van der Waals surface area contributed by atoms with Gasteiger partial charge in [0, 0.05) is 0 Å². The number of aromatic nitrogens is 2. The molecule has 0 aliphatic carbocycles. The summed E-state index contributed by atoms with van der Waals surface area (Å²) in [4.78, 5) is 8.34. The Balaban J connectivity index is 2.19. The van der Waals surface area contributed by atoms with Crippen LogP contribution in [0.2, 0.25) is 0 Å². The minimum atomic E-state index is -0.257. The second-order valence-electron chi connectivity index (χ2n) is 3.84. The first-order valence-electron chi connectivity index (χ1n) is 5.73. The number of aliphatic hydroxyl groups excluding tert-OH is 1. The molecule has 5 nitrogen and oxygen atoms in total. The van der Waals surface area contributed by atoms with Crippen molar-refractivity contribution in [3.63, 3.8) is 0 Å². The molecule has 0 aliphatic heterocycles. The van der Waals surface area contributed by atoms with Crippen LogP contribution in [-0.2, 0) is 0 Å². The van der Waals surface area contributed by atoms with E-state index in [0.29, 0.717) is 16.3 Å². The largest absolute Gasteiger partial charge is 0.480 e. The third kappa shape index (κ3) is 3.42. The van der Waals surface area contributed by atoms with E-state index in [-0.39, 0.29) is 12.6 Å². The van der Waals surface area contributed by atoms with Gasteiger partial charge < -0.3 is 15.2 Å². The SMILES string of the molecule is COc1nc(NC(CO)c2ccccc2)ncc1Br. The summed E-state index contributed by atoms with van der Waals surface area (Å²) in [5.74, 6) is 0.852. The van der Waals surface area contributed by atoms with E-state index in [1.54, 1.807) is 6.20 Å². The highest BCUT2D eigenvalue weighted by Crippen LogP contribution is 2.23. The van der Waals surface area contributed by atoms with Gasteiger partial charge in [-0.15, -0.1) is 0 Å². The van der Waals surface area contributed by atoms with Gasteiger partial charge in [-0.2, -0.15) is 4.98 Å². The van der Waals surface area contributed by atoms with Crippen LogP contribution in [-0.4, -0.2) is 28.8 Å². The molecule has 0 fully saturated rings. The Bertz CT molecular complexity index is 537. The summed E-state index contributed by atoms with van der Waals surface area (Å²) < 4.78 is 5.79. The molecule has 0 radical (unpaired) electrons. The lowest BCUT2D eigenvalue weighted by molar-refractivity contribution is 0.275. The first kappa shape index (κ1) is 13.8. The molecular weight excluding hydrogens is 310 g/mol. The molecule has 6 heteroatoms. The summed E-state index contributed by atoms with van der Waals surface area (Å²) in [6.07, 6.45) is 1.60. The van der Waals surface area contributed by atoms with Crippen molar-refractivity contribution in [1.82, 2.24) is 9.97 Å². The predicted molar refractivity (Wildman–Crippen MR) is 76.2 cm³/mol. The number of hydrogen-bond donors (Lipinski definition) is 2. The zero-order chi connectivity index (χ0) is 13.7. The summed E-state index contributed by atoms with van der Waals surface area (Å²) in [7, 11) is 1.54. The maximum atomic E-state index is 9.46. The fourth-order valence-corrected chi connectivity index (χ4v) is 1.99. The fraction of sp³-hybridized carbons (Fsp3) is 0.231. The second-order valence-corrected chi connectivity index (χ2v) is 4.70. The van der Waals surface area contributed by atoms with Crippen LogP contribution in [0.1, 0.15) is 11.6 Å². The monoisotopic (exact) mass is 323 g/mol. The molecule has 19 heavy (non-hydrogen) atoms. The van der Waals surface area contributed by atoms with Gasteiger partial charge in [-0.05, 0) is 21.5 Å². The van der Waals surface area contributed by atoms with Crippen LogP contribution in [0, 0.1) is 0 Å². The maximum Gasteiger partial charge on any atom is 0.232 e. The third-order valence-electron chi connectivity index (χ3n) is 2.59. The molecule has 0 saturated carbocycles. The molecule has 1 aromatic heterocycles. The van der Waals surface area contributed by atoms with E-state index in [0.717, 1.165) is 5.56 Å². The van der Waals surface area contributed by atoms with Gasteiger partial charge in [-0.25, -0.2) is 4.98 Å². The first-order valence-corrected chi connectivity index (χ1v) is 6.52. The van der Waals surface area contributed by atoms with Crippen LogP contribution < -0.4 is 10.1 Å². The van der Waals surface area contributed by atoms with Gasteiger partial charge in [0.1, 0.15) is 0 Å². The average Bonchev–Trinajstić information content (AvgIpc) is 2.47. The molecule has 0 spiro atoms. The predicted octanol–water partition coefficient (Wildman–Crippen LogP) is 2.39. The normalized spacial score (nSPS) is 11.9. The van der Waals surface area contributed by atoms with Crippen molar-refractivity contribution in [2.75, 3.05) is 19.0 Å². The van der Waals surface area contributed by atoms with E-state index in [1.165, 1.54) is 7.11 Å². The topological polar surface area (TPSA) is 67.3 Å². The maximum absolute atomic E-state index is 9.46. The molecule has 1 aromatic carbocycles. The number of methoxy groups -OCH3 is 1. The smallest absolute Gasteiger partial charge is 0.232 e. The van der Waals surface area contributed by atoms with E-state index < -0.39 is 0 Å². The Hall–Kier alpha value is -1.66. The first-order chi connectivity index (χ1) is 9.24. The lowest BCUT2D eigenvalue weighted by atomic mass is 10.1. The summed E-state index contributed by atoms with van der Waals surface area (Å²) in [6, 6.07) is 9.38. The number of rotatable bonds is 5. The number of benzene rings is 1. The average molecular weight is 324 g/mol. The van der Waals surface area contributed by atoms with E-state index in [1.807, 2.05) is 30.3 Å². The zero-order valence-corrected chi connectivity index (χ0v) is 12.0. The Morgan fingerprint density at radius 1 is 1.37 bits per heavy atom. The molecule has 0 amide bonds. The zero-order valence-electron chi connectivity index (χ0n) is 10.4. The fourth-order valence-electron chi connectivity index (χ4n) is 1.64. The Morgan fingerprint density at radius 3 is 2.74 bits per heavy atom. The summed E-state index contributed by atoms with van der Waals surface area (Å²) >= 11 is 3.29. The molecule has 1 atom stereocenters. The van der Waals surface area contributed by atoms with Crippen molar-refractivity contribution >= 4 is 21.9 Å². The Labute approximate surface area is 119 Å². The van der Waals surface area contributed by atoms with Crippen molar-refractivity contribution in [2.45, 2.75) is 6.04 Å². The molecule has 0 aliphatic rings. The van der Waals surface area contributed by atoms with Crippen LogP contribution in [0.15, 0.2) is 41.0 Å². The van der Waals surface area contributed by atoms with Gasteiger partial charge in [-0.1, -0.05) is 30.3 Å². The van der Waals surface area contributed by atoms with E-state index in [9.17, 15) is 5.11 Å². The highest BCUT2D eigenvalue weighted by molar-refractivity contribution is 9.10. The lowest BCUT2D eigenvalue weighted by Crippen LogP contribution is -2.16. The van der Waals surface area contributed by atoms with Crippen molar-refractivity contribution in [1.29, 1.82) is 0 Å². The quantitative estimate of drug-likeness (QED) is 0.884. The van der Waals surface area contributed by atoms with E-state index in [4.69, 9.17) is 4.74 Å². The van der Waals surface area contributed by atoms with Gasteiger partial charge in [-0.3, -0.25) is 0 Å². The highest BCUT2D eigenvalue weighted by atomic mass is 79.9. The Morgan fingerprint density at radius 2 is 2.11 bits per heavy atom. The molecule has 1 heterocycles. The van der Waals surface area contributed by atoms with Crippen molar-refractivity contribution in [3.05, 3.63) is 46.6 Å². The van der Waals surface area contributed by atoms with Gasteiger partial charge in [0.2, 0.25) is 11.8 Å². The van der Waals surface area contributed by atoms with Crippen LogP contribution >= 0.6 is 15.9 Å². The van der Waals surface area contributed by atoms with E-state index in [2.05, 4.69) is 31.2 Å². The van der Waals surface area contributed by atoms with Gasteiger partial charge in [0.25, 0.3) is 0 Å². The number of ether oxygens (including phenoxy) is 1. The van der Waals surface area contributed by atoms with Gasteiger partial charge >= 0.3 is 0 Å². The molecular formula is C13H14BrN3O2. The molecule has 1 unspecified atom stereocenters. The summed E-state index contributed by atoms with van der Waals surface area (Å²) in [6.45, 7) is -0.0498. The highest BCUT2D eigenvalue weighted by Gasteiger charge is 2.12. The van der Waals surface area contributed by atoms with Crippen LogP contribution in [0.25, 0.3) is 0 Å². The number of aliphatic hydroxyl groups is 1. The summed E-state index contributed by atoms with van der Waals surface area (Å²) in [5, 5.41) is 12.5. The standard InChI is InChI=1S/C13H14BrN3O2/c1-19-12-10(14)7-15-13(17-12)16-11(8-18)9-5-3-2-4-6-9/h2-7,11,18H,8H2,1H3,(H,15,16,17). The van der Waals surface area contributed by atoms with Crippen LogP contribution in [0.3, 0.4) is 0 Å². The van der Waals surface area contributed by atoms with Crippen molar-refractivity contribution < 1.29 is 9.84 Å². The number of nitrogens with one attached hydrogen (secondary N) is 1. The molecule has 2 N–H and O–H groups in total. The third-order valence-corrected chi connectivity index (χ3v) is 3.14. The molecule has 2 aromatic rings. The molecule has 2 rings (SSSR count). The summed E-state index contributed by atoms with van der Waals surface area (Å²) in [5.41, 5.74) is 0.968. The molecule has 0 bridgehead atoms.